The van der Waals surface area contributed by atoms with Gasteiger partial charge in [-0.3, -0.25) is 0 Å². The molecular formula is C25H25N5O3. The molecule has 0 radical (unpaired) electrons. The van der Waals surface area contributed by atoms with E-state index in [2.05, 4.69) is 37.5 Å². The number of rotatable bonds is 7. The van der Waals surface area contributed by atoms with Crippen LogP contribution in [0.25, 0.3) is 0 Å². The Bertz CT molecular complexity index is 1100. The van der Waals surface area contributed by atoms with E-state index in [9.17, 15) is 4.79 Å². The van der Waals surface area contributed by atoms with Gasteiger partial charge in [-0.15, -0.1) is 0 Å². The van der Waals surface area contributed by atoms with Crippen molar-refractivity contribution in [2.75, 3.05) is 37.8 Å². The van der Waals surface area contributed by atoms with E-state index in [0.717, 1.165) is 37.7 Å². The third-order valence-electron chi connectivity index (χ3n) is 5.02. The number of azo groups is 2. The molecule has 1 fully saturated rings. The van der Waals surface area contributed by atoms with E-state index < -0.39 is 0 Å². The van der Waals surface area contributed by atoms with Gasteiger partial charge in [-0.2, -0.15) is 20.5 Å². The summed E-state index contributed by atoms with van der Waals surface area (Å²) in [4.78, 5) is 14.0. The van der Waals surface area contributed by atoms with Gasteiger partial charge in [-0.1, -0.05) is 0 Å². The Balaban J connectivity index is 1.33. The molecule has 3 aromatic rings. The molecule has 8 heteroatoms. The summed E-state index contributed by atoms with van der Waals surface area (Å²) < 4.78 is 10.4. The Kier molecular flexibility index (Phi) is 7.50. The second kappa shape index (κ2) is 11.1. The lowest BCUT2D eigenvalue weighted by molar-refractivity contribution is 0.0526. The molecule has 1 heterocycles. The Morgan fingerprint density at radius 3 is 1.64 bits per heavy atom. The number of benzene rings is 3. The van der Waals surface area contributed by atoms with Gasteiger partial charge in [-0.25, -0.2) is 4.79 Å². The highest BCUT2D eigenvalue weighted by molar-refractivity contribution is 5.89. The van der Waals surface area contributed by atoms with Crippen LogP contribution in [0.1, 0.15) is 17.3 Å². The van der Waals surface area contributed by atoms with Crippen LogP contribution < -0.4 is 4.90 Å². The minimum atomic E-state index is -0.348. The first-order valence-corrected chi connectivity index (χ1v) is 10.8. The molecule has 0 atom stereocenters. The molecular weight excluding hydrogens is 418 g/mol. The summed E-state index contributed by atoms with van der Waals surface area (Å²) in [7, 11) is 0. The van der Waals surface area contributed by atoms with Crippen LogP contribution in [-0.2, 0) is 9.47 Å². The van der Waals surface area contributed by atoms with Gasteiger partial charge in [0.25, 0.3) is 0 Å². The van der Waals surface area contributed by atoms with Crippen molar-refractivity contribution in [3.63, 3.8) is 0 Å². The van der Waals surface area contributed by atoms with E-state index in [1.54, 1.807) is 31.2 Å². The van der Waals surface area contributed by atoms with Crippen LogP contribution in [0.5, 0.6) is 0 Å². The van der Waals surface area contributed by atoms with E-state index in [1.807, 2.05) is 36.4 Å². The van der Waals surface area contributed by atoms with Crippen LogP contribution in [0.15, 0.2) is 93.3 Å². The van der Waals surface area contributed by atoms with Crippen molar-refractivity contribution < 1.29 is 14.3 Å². The molecule has 4 rings (SSSR count). The number of anilines is 1. The number of ether oxygens (including phenoxy) is 2. The summed E-state index contributed by atoms with van der Waals surface area (Å²) in [5.74, 6) is -0.348. The van der Waals surface area contributed by atoms with E-state index in [1.165, 1.54) is 5.69 Å². The van der Waals surface area contributed by atoms with E-state index in [0.29, 0.717) is 23.5 Å². The fraction of sp³-hybridized carbons (Fsp3) is 0.240. The zero-order valence-electron chi connectivity index (χ0n) is 18.4. The molecule has 0 saturated carbocycles. The summed E-state index contributed by atoms with van der Waals surface area (Å²) in [6.07, 6.45) is 0. The summed E-state index contributed by atoms with van der Waals surface area (Å²) in [6.45, 7) is 5.46. The first-order valence-electron chi connectivity index (χ1n) is 10.8. The molecule has 8 nitrogen and oxygen atoms in total. The molecule has 1 aliphatic rings. The van der Waals surface area contributed by atoms with E-state index in [-0.39, 0.29) is 5.97 Å². The van der Waals surface area contributed by atoms with Crippen LogP contribution in [-0.4, -0.2) is 38.9 Å². The normalized spacial score (nSPS) is 14.2. The number of nitrogens with zero attached hydrogens (tertiary/aromatic N) is 5. The molecule has 0 amide bonds. The van der Waals surface area contributed by atoms with Gasteiger partial charge in [-0.05, 0) is 79.7 Å². The number of carbonyl (C=O) groups is 1. The van der Waals surface area contributed by atoms with Crippen LogP contribution in [0.2, 0.25) is 0 Å². The highest BCUT2D eigenvalue weighted by Crippen LogP contribution is 2.25. The van der Waals surface area contributed by atoms with Crippen LogP contribution in [0.3, 0.4) is 0 Å². The molecule has 0 unspecified atom stereocenters. The molecule has 3 aromatic carbocycles. The van der Waals surface area contributed by atoms with Gasteiger partial charge in [0.2, 0.25) is 0 Å². The van der Waals surface area contributed by atoms with Crippen LogP contribution in [0, 0.1) is 0 Å². The largest absolute Gasteiger partial charge is 0.462 e. The van der Waals surface area contributed by atoms with E-state index in [4.69, 9.17) is 9.47 Å². The van der Waals surface area contributed by atoms with Crippen molar-refractivity contribution >= 4 is 34.4 Å². The third kappa shape index (κ3) is 6.30. The molecule has 33 heavy (non-hydrogen) atoms. The number of hydrogen-bond acceptors (Lipinski definition) is 8. The smallest absolute Gasteiger partial charge is 0.338 e. The monoisotopic (exact) mass is 443 g/mol. The second-order valence-electron chi connectivity index (χ2n) is 7.30. The summed E-state index contributed by atoms with van der Waals surface area (Å²) in [5.41, 5.74) is 4.52. The summed E-state index contributed by atoms with van der Waals surface area (Å²) in [6, 6.07) is 22.2. The summed E-state index contributed by atoms with van der Waals surface area (Å²) in [5, 5.41) is 17.0. The third-order valence-corrected chi connectivity index (χ3v) is 5.02. The van der Waals surface area contributed by atoms with Crippen molar-refractivity contribution in [1.82, 2.24) is 0 Å². The standard InChI is InChI=1S/C25H25N5O3/c1-2-33-25(31)19-3-5-20(6-4-19)26-27-21-7-9-22(10-8-21)28-29-23-11-13-24(14-12-23)30-15-17-32-18-16-30/h3-14H,2,15-18H2,1H3. The van der Waals surface area contributed by atoms with Gasteiger partial charge in [0.1, 0.15) is 0 Å². The lowest BCUT2D eigenvalue weighted by Crippen LogP contribution is -2.36. The van der Waals surface area contributed by atoms with Crippen LogP contribution in [0.4, 0.5) is 28.4 Å². The average molecular weight is 444 g/mol. The molecule has 1 saturated heterocycles. The Morgan fingerprint density at radius 1 is 0.758 bits per heavy atom. The van der Waals surface area contributed by atoms with Crippen molar-refractivity contribution in [2.45, 2.75) is 6.92 Å². The lowest BCUT2D eigenvalue weighted by atomic mass is 10.2. The Labute approximate surface area is 192 Å². The predicted octanol–water partition coefficient (Wildman–Crippen LogP) is 6.53. The maximum Gasteiger partial charge on any atom is 0.338 e. The van der Waals surface area contributed by atoms with Crippen molar-refractivity contribution in [1.29, 1.82) is 0 Å². The molecule has 0 bridgehead atoms. The van der Waals surface area contributed by atoms with Crippen molar-refractivity contribution in [3.05, 3.63) is 78.4 Å². The topological polar surface area (TPSA) is 88.2 Å². The van der Waals surface area contributed by atoms with Crippen LogP contribution >= 0.6 is 0 Å². The molecule has 0 N–H and O–H groups in total. The molecule has 0 spiro atoms. The van der Waals surface area contributed by atoms with Gasteiger partial charge in [0.05, 0.1) is 48.1 Å². The number of carbonyl (C=O) groups excluding carboxylic acids is 1. The Morgan fingerprint density at radius 2 is 1.18 bits per heavy atom. The fourth-order valence-electron chi connectivity index (χ4n) is 3.25. The fourth-order valence-corrected chi connectivity index (χ4v) is 3.25. The highest BCUT2D eigenvalue weighted by Gasteiger charge is 2.10. The minimum absolute atomic E-state index is 0.344. The van der Waals surface area contributed by atoms with Gasteiger partial charge in [0.15, 0.2) is 0 Å². The maximum atomic E-state index is 11.7. The SMILES string of the molecule is CCOC(=O)c1ccc(N=Nc2ccc(N=Nc3ccc(N4CCOCC4)cc3)cc2)cc1. The lowest BCUT2D eigenvalue weighted by Gasteiger charge is -2.28. The molecule has 0 aromatic heterocycles. The van der Waals surface area contributed by atoms with Crippen molar-refractivity contribution in [3.8, 4) is 0 Å². The predicted molar refractivity (Wildman–Crippen MR) is 127 cm³/mol. The molecule has 1 aliphatic heterocycles. The van der Waals surface area contributed by atoms with E-state index >= 15 is 0 Å². The number of hydrogen-bond donors (Lipinski definition) is 0. The first-order chi connectivity index (χ1) is 16.2. The second-order valence-corrected chi connectivity index (χ2v) is 7.30. The minimum Gasteiger partial charge on any atom is -0.462 e. The quantitative estimate of drug-likeness (QED) is 0.307. The first kappa shape index (κ1) is 22.3. The number of morpholine rings is 1. The van der Waals surface area contributed by atoms with Gasteiger partial charge in [0, 0.05) is 18.8 Å². The molecule has 0 aliphatic carbocycles. The Hall–Kier alpha value is -3.91. The van der Waals surface area contributed by atoms with Gasteiger partial charge >= 0.3 is 5.97 Å². The average Bonchev–Trinajstić information content (AvgIpc) is 2.88. The zero-order chi connectivity index (χ0) is 22.9. The maximum absolute atomic E-state index is 11.7. The zero-order valence-corrected chi connectivity index (χ0v) is 18.4. The van der Waals surface area contributed by atoms with Gasteiger partial charge < -0.3 is 14.4 Å². The summed E-state index contributed by atoms with van der Waals surface area (Å²) >= 11 is 0. The number of esters is 1. The highest BCUT2D eigenvalue weighted by atomic mass is 16.5. The molecule has 168 valence electrons. The van der Waals surface area contributed by atoms with Crippen molar-refractivity contribution in [2.24, 2.45) is 20.5 Å².